The number of amides is 1. The highest BCUT2D eigenvalue weighted by Crippen LogP contribution is 2.22. The van der Waals surface area contributed by atoms with Crippen molar-refractivity contribution in [2.24, 2.45) is 0 Å². The molecule has 1 saturated heterocycles. The lowest BCUT2D eigenvalue weighted by Crippen LogP contribution is -2.34. The first-order valence-corrected chi connectivity index (χ1v) is 7.00. The van der Waals surface area contributed by atoms with Gasteiger partial charge in [0.15, 0.2) is 0 Å². The van der Waals surface area contributed by atoms with Crippen molar-refractivity contribution in [3.63, 3.8) is 0 Å². The number of carbonyl (C=O) groups is 1. The molecule has 0 aliphatic carbocycles. The molecule has 2 N–H and O–H groups in total. The first-order chi connectivity index (χ1) is 9.51. The van der Waals surface area contributed by atoms with Crippen LogP contribution in [0.2, 0.25) is 0 Å². The highest BCUT2D eigenvalue weighted by molar-refractivity contribution is 5.95. The van der Waals surface area contributed by atoms with Crippen LogP contribution in [-0.2, 0) is 0 Å². The van der Waals surface area contributed by atoms with Crippen LogP contribution in [0.5, 0.6) is 5.75 Å². The van der Waals surface area contributed by atoms with Gasteiger partial charge in [-0.3, -0.25) is 4.79 Å². The van der Waals surface area contributed by atoms with Crippen LogP contribution in [0.15, 0.2) is 18.2 Å². The molecule has 1 fully saturated rings. The van der Waals surface area contributed by atoms with Gasteiger partial charge in [-0.1, -0.05) is 0 Å². The fourth-order valence-electron chi connectivity index (χ4n) is 2.53. The number of ether oxygens (including phenoxy) is 1. The van der Waals surface area contributed by atoms with Crippen molar-refractivity contribution >= 4 is 11.6 Å². The van der Waals surface area contributed by atoms with Gasteiger partial charge in [0, 0.05) is 36.4 Å². The molecule has 1 aliphatic heterocycles. The van der Waals surface area contributed by atoms with Crippen LogP contribution in [0.1, 0.15) is 23.7 Å². The van der Waals surface area contributed by atoms with E-state index in [1.54, 1.807) is 18.2 Å². The minimum atomic E-state index is 0.0302. The Kier molecular flexibility index (Phi) is 4.49. The quantitative estimate of drug-likeness (QED) is 0.846. The SMILES string of the molecule is CCOc1cc(N)cc(C(=O)N2CCC(N(C)C)C2)c1. The summed E-state index contributed by atoms with van der Waals surface area (Å²) in [5.41, 5.74) is 7.01. The fourth-order valence-corrected chi connectivity index (χ4v) is 2.53. The Morgan fingerprint density at radius 2 is 2.20 bits per heavy atom. The number of hydrogen-bond donors (Lipinski definition) is 1. The topological polar surface area (TPSA) is 58.8 Å². The van der Waals surface area contributed by atoms with E-state index in [-0.39, 0.29) is 5.91 Å². The summed E-state index contributed by atoms with van der Waals surface area (Å²) in [6.07, 6.45) is 1.01. The van der Waals surface area contributed by atoms with Crippen LogP contribution in [0.4, 0.5) is 5.69 Å². The van der Waals surface area contributed by atoms with E-state index in [1.165, 1.54) is 0 Å². The minimum absolute atomic E-state index is 0.0302. The second-order valence-electron chi connectivity index (χ2n) is 5.38. The third kappa shape index (κ3) is 3.22. The summed E-state index contributed by atoms with van der Waals surface area (Å²) < 4.78 is 5.44. The Bertz CT molecular complexity index is 488. The molecule has 1 amide bonds. The zero-order chi connectivity index (χ0) is 14.7. The molecular weight excluding hydrogens is 254 g/mol. The molecule has 1 heterocycles. The van der Waals surface area contributed by atoms with Crippen LogP contribution >= 0.6 is 0 Å². The first kappa shape index (κ1) is 14.7. The van der Waals surface area contributed by atoms with Crippen LogP contribution < -0.4 is 10.5 Å². The summed E-state index contributed by atoms with van der Waals surface area (Å²) >= 11 is 0. The minimum Gasteiger partial charge on any atom is -0.494 e. The predicted molar refractivity (Wildman–Crippen MR) is 80.0 cm³/mol. The molecule has 5 heteroatoms. The smallest absolute Gasteiger partial charge is 0.254 e. The van der Waals surface area contributed by atoms with Gasteiger partial charge in [0.25, 0.3) is 5.91 Å². The van der Waals surface area contributed by atoms with Crippen molar-refractivity contribution in [2.75, 3.05) is 39.5 Å². The van der Waals surface area contributed by atoms with E-state index in [4.69, 9.17) is 10.5 Å². The highest BCUT2D eigenvalue weighted by atomic mass is 16.5. The molecular formula is C15H23N3O2. The van der Waals surface area contributed by atoms with Gasteiger partial charge >= 0.3 is 0 Å². The number of nitrogens with zero attached hydrogens (tertiary/aromatic N) is 2. The largest absolute Gasteiger partial charge is 0.494 e. The molecule has 1 aromatic carbocycles. The average Bonchev–Trinajstić information content (AvgIpc) is 2.87. The van der Waals surface area contributed by atoms with Gasteiger partial charge in [-0.2, -0.15) is 0 Å². The zero-order valence-electron chi connectivity index (χ0n) is 12.4. The number of nitrogen functional groups attached to an aromatic ring is 1. The second-order valence-corrected chi connectivity index (χ2v) is 5.38. The van der Waals surface area contributed by atoms with E-state index >= 15 is 0 Å². The average molecular weight is 277 g/mol. The lowest BCUT2D eigenvalue weighted by molar-refractivity contribution is 0.0782. The van der Waals surface area contributed by atoms with Gasteiger partial charge in [0.2, 0.25) is 0 Å². The molecule has 110 valence electrons. The Hall–Kier alpha value is -1.75. The normalized spacial score (nSPS) is 18.6. The molecule has 1 unspecified atom stereocenters. The maximum atomic E-state index is 12.5. The van der Waals surface area contributed by atoms with Gasteiger partial charge in [0.05, 0.1) is 6.61 Å². The van der Waals surface area contributed by atoms with Crippen LogP contribution in [0.3, 0.4) is 0 Å². The number of carbonyl (C=O) groups excluding carboxylic acids is 1. The van der Waals surface area contributed by atoms with Gasteiger partial charge in [-0.05, 0) is 39.6 Å². The summed E-state index contributed by atoms with van der Waals surface area (Å²) in [5.74, 6) is 0.682. The monoisotopic (exact) mass is 277 g/mol. The van der Waals surface area contributed by atoms with Crippen LogP contribution in [0.25, 0.3) is 0 Å². The van der Waals surface area contributed by atoms with Crippen LogP contribution in [-0.4, -0.2) is 55.5 Å². The van der Waals surface area contributed by atoms with Crippen molar-refractivity contribution in [2.45, 2.75) is 19.4 Å². The standard InChI is InChI=1S/C15H23N3O2/c1-4-20-14-8-11(7-12(16)9-14)15(19)18-6-5-13(10-18)17(2)3/h7-9,13H,4-6,10,16H2,1-3H3. The third-order valence-electron chi connectivity index (χ3n) is 3.67. The van der Waals surface area contributed by atoms with Crippen molar-refractivity contribution in [3.8, 4) is 5.75 Å². The van der Waals surface area contributed by atoms with Gasteiger partial charge in [0.1, 0.15) is 5.75 Å². The number of likely N-dealkylation sites (N-methyl/N-ethyl adjacent to an activating group) is 1. The summed E-state index contributed by atoms with van der Waals surface area (Å²) in [5, 5.41) is 0. The molecule has 0 bridgehead atoms. The molecule has 0 aromatic heterocycles. The number of benzene rings is 1. The molecule has 0 spiro atoms. The number of anilines is 1. The lowest BCUT2D eigenvalue weighted by atomic mass is 10.1. The van der Waals surface area contributed by atoms with E-state index in [0.717, 1.165) is 19.5 Å². The summed E-state index contributed by atoms with van der Waals surface area (Å²) in [7, 11) is 4.10. The maximum absolute atomic E-state index is 12.5. The molecule has 1 atom stereocenters. The van der Waals surface area contributed by atoms with E-state index in [9.17, 15) is 4.79 Å². The molecule has 0 radical (unpaired) electrons. The van der Waals surface area contributed by atoms with Crippen LogP contribution in [0, 0.1) is 0 Å². The third-order valence-corrected chi connectivity index (χ3v) is 3.67. The Labute approximate surface area is 120 Å². The maximum Gasteiger partial charge on any atom is 0.254 e. The van der Waals surface area contributed by atoms with Gasteiger partial charge in [-0.25, -0.2) is 0 Å². The van der Waals surface area contributed by atoms with E-state index < -0.39 is 0 Å². The van der Waals surface area contributed by atoms with E-state index in [2.05, 4.69) is 4.90 Å². The highest BCUT2D eigenvalue weighted by Gasteiger charge is 2.28. The number of hydrogen-bond acceptors (Lipinski definition) is 4. The first-order valence-electron chi connectivity index (χ1n) is 7.00. The van der Waals surface area contributed by atoms with Crippen molar-refractivity contribution in [1.29, 1.82) is 0 Å². The van der Waals surface area contributed by atoms with Crippen molar-refractivity contribution < 1.29 is 9.53 Å². The predicted octanol–water partition coefficient (Wildman–Crippen LogP) is 1.44. The fraction of sp³-hybridized carbons (Fsp3) is 0.533. The summed E-state index contributed by atoms with van der Waals surface area (Å²) in [4.78, 5) is 16.6. The molecule has 1 aliphatic rings. The summed E-state index contributed by atoms with van der Waals surface area (Å²) in [6, 6.07) is 5.66. The van der Waals surface area contributed by atoms with Crippen molar-refractivity contribution in [1.82, 2.24) is 9.80 Å². The Balaban J connectivity index is 2.13. The Morgan fingerprint density at radius 1 is 1.45 bits per heavy atom. The number of likely N-dealkylation sites (tertiary alicyclic amines) is 1. The van der Waals surface area contributed by atoms with Gasteiger partial charge in [-0.15, -0.1) is 0 Å². The molecule has 1 aromatic rings. The van der Waals surface area contributed by atoms with E-state index in [0.29, 0.717) is 29.6 Å². The summed E-state index contributed by atoms with van der Waals surface area (Å²) in [6.45, 7) is 4.03. The molecule has 2 rings (SSSR count). The Morgan fingerprint density at radius 3 is 2.80 bits per heavy atom. The zero-order valence-corrected chi connectivity index (χ0v) is 12.4. The molecule has 5 nitrogen and oxygen atoms in total. The second kappa shape index (κ2) is 6.13. The lowest BCUT2D eigenvalue weighted by Gasteiger charge is -2.20. The van der Waals surface area contributed by atoms with Gasteiger partial charge < -0.3 is 20.3 Å². The van der Waals surface area contributed by atoms with E-state index in [1.807, 2.05) is 25.9 Å². The number of rotatable bonds is 4. The molecule has 0 saturated carbocycles. The number of nitrogens with two attached hydrogens (primary N) is 1. The molecule has 20 heavy (non-hydrogen) atoms. The van der Waals surface area contributed by atoms with Crippen molar-refractivity contribution in [3.05, 3.63) is 23.8 Å².